The predicted octanol–water partition coefficient (Wildman–Crippen LogP) is 9.93. The Balaban J connectivity index is 1.76. The molecule has 1 unspecified atom stereocenters. The van der Waals surface area contributed by atoms with Gasteiger partial charge in [0.25, 0.3) is 0 Å². The van der Waals surface area contributed by atoms with E-state index in [9.17, 15) is 0 Å². The number of hydrogen-bond acceptors (Lipinski definition) is 0. The van der Waals surface area contributed by atoms with Crippen LogP contribution in [0, 0.1) is 20.8 Å². The van der Waals surface area contributed by atoms with Gasteiger partial charge in [-0.25, -0.2) is 0 Å². The highest BCUT2D eigenvalue weighted by molar-refractivity contribution is 6.29. The molecule has 0 bridgehead atoms. The van der Waals surface area contributed by atoms with E-state index in [1.54, 1.807) is 0 Å². The molecule has 0 fully saturated rings. The lowest BCUT2D eigenvalue weighted by Crippen LogP contribution is -2.03. The lowest BCUT2D eigenvalue weighted by atomic mass is 9.81. The fourth-order valence-electron chi connectivity index (χ4n) is 5.69. The minimum atomic E-state index is 0.105. The molecule has 1 atom stereocenters. The highest BCUT2D eigenvalue weighted by Crippen LogP contribution is 2.58. The Morgan fingerprint density at radius 3 is 1.11 bits per heavy atom. The van der Waals surface area contributed by atoms with Gasteiger partial charge in [-0.1, -0.05) is 150 Å². The summed E-state index contributed by atoms with van der Waals surface area (Å²) in [7, 11) is 0. The van der Waals surface area contributed by atoms with Crippen molar-refractivity contribution in [3.8, 4) is 0 Å². The zero-order valence-corrected chi connectivity index (χ0v) is 22.3. The summed E-state index contributed by atoms with van der Waals surface area (Å²) in [5, 5.41) is 0. The van der Waals surface area contributed by atoms with Crippen LogP contribution in [0.1, 0.15) is 50.4 Å². The van der Waals surface area contributed by atoms with E-state index in [0.29, 0.717) is 0 Å². The van der Waals surface area contributed by atoms with E-state index < -0.39 is 0 Å². The van der Waals surface area contributed by atoms with Gasteiger partial charge in [-0.15, -0.1) is 0 Å². The van der Waals surface area contributed by atoms with Crippen LogP contribution < -0.4 is 0 Å². The van der Waals surface area contributed by atoms with Crippen LogP contribution in [0.2, 0.25) is 0 Å². The van der Waals surface area contributed by atoms with Crippen LogP contribution in [-0.2, 0) is 0 Å². The predicted molar refractivity (Wildman–Crippen MR) is 163 cm³/mol. The highest BCUT2D eigenvalue weighted by atomic mass is 14.4. The molecular formula is C38H32. The van der Waals surface area contributed by atoms with Gasteiger partial charge >= 0.3 is 0 Å². The molecule has 1 aliphatic rings. The second-order valence-electron chi connectivity index (χ2n) is 10.4. The molecule has 6 rings (SSSR count). The number of allylic oxidation sites excluding steroid dienone is 4. The fourth-order valence-corrected chi connectivity index (χ4v) is 5.69. The van der Waals surface area contributed by atoms with Gasteiger partial charge in [-0.2, -0.15) is 0 Å². The van der Waals surface area contributed by atoms with Crippen molar-refractivity contribution in [3.05, 3.63) is 178 Å². The van der Waals surface area contributed by atoms with E-state index in [1.165, 1.54) is 66.8 Å². The van der Waals surface area contributed by atoms with Crippen LogP contribution >= 0.6 is 0 Å². The largest absolute Gasteiger partial charge is 0.0622 e. The third-order valence-electron chi connectivity index (χ3n) is 7.63. The maximum Gasteiger partial charge on any atom is 0.0364 e. The van der Waals surface area contributed by atoms with E-state index in [0.717, 1.165) is 0 Å². The number of benzene rings is 5. The molecule has 1 aliphatic carbocycles. The summed E-state index contributed by atoms with van der Waals surface area (Å²) in [4.78, 5) is 0. The van der Waals surface area contributed by atoms with Crippen molar-refractivity contribution in [3.63, 3.8) is 0 Å². The summed E-state index contributed by atoms with van der Waals surface area (Å²) in [6.45, 7) is 6.48. The van der Waals surface area contributed by atoms with Crippen molar-refractivity contribution in [1.82, 2.24) is 0 Å². The monoisotopic (exact) mass is 488 g/mol. The Morgan fingerprint density at radius 1 is 0.342 bits per heavy atom. The lowest BCUT2D eigenvalue weighted by molar-refractivity contribution is 1.14. The Kier molecular flexibility index (Phi) is 6.40. The zero-order chi connectivity index (χ0) is 26.1. The molecule has 0 aromatic heterocycles. The Labute approximate surface area is 226 Å². The van der Waals surface area contributed by atoms with Gasteiger partial charge < -0.3 is 0 Å². The molecule has 0 saturated carbocycles. The lowest BCUT2D eigenvalue weighted by Gasteiger charge is -2.22. The molecule has 0 nitrogen and oxygen atoms in total. The van der Waals surface area contributed by atoms with Gasteiger partial charge in [0.2, 0.25) is 0 Å². The van der Waals surface area contributed by atoms with E-state index in [-0.39, 0.29) is 5.92 Å². The molecule has 0 N–H and O–H groups in total. The van der Waals surface area contributed by atoms with Crippen molar-refractivity contribution in [1.29, 1.82) is 0 Å². The molecule has 5 aromatic carbocycles. The molecule has 0 heterocycles. The van der Waals surface area contributed by atoms with Gasteiger partial charge in [0.1, 0.15) is 0 Å². The Hall–Kier alpha value is -4.42. The highest BCUT2D eigenvalue weighted by Gasteiger charge is 2.37. The first-order chi connectivity index (χ1) is 18.6. The molecule has 38 heavy (non-hydrogen) atoms. The first-order valence-electron chi connectivity index (χ1n) is 13.4. The molecule has 0 amide bonds. The molecule has 0 heteroatoms. The van der Waals surface area contributed by atoms with Gasteiger partial charge in [-0.3, -0.25) is 0 Å². The number of hydrogen-bond donors (Lipinski definition) is 0. The van der Waals surface area contributed by atoms with E-state index >= 15 is 0 Å². The van der Waals surface area contributed by atoms with Gasteiger partial charge in [-0.05, 0) is 70.9 Å². The van der Waals surface area contributed by atoms with Crippen molar-refractivity contribution < 1.29 is 0 Å². The first kappa shape index (κ1) is 23.9. The average molecular weight is 489 g/mol. The normalized spacial score (nSPS) is 15.3. The topological polar surface area (TPSA) is 0 Å². The summed E-state index contributed by atoms with van der Waals surface area (Å²) in [6, 6.07) is 49.2. The molecule has 0 spiro atoms. The summed E-state index contributed by atoms with van der Waals surface area (Å²) in [6.07, 6.45) is 0. The van der Waals surface area contributed by atoms with Crippen LogP contribution in [0.4, 0.5) is 0 Å². The Morgan fingerprint density at radius 2 is 0.684 bits per heavy atom. The second-order valence-corrected chi connectivity index (χ2v) is 10.4. The number of aryl methyl sites for hydroxylation is 3. The van der Waals surface area contributed by atoms with Crippen molar-refractivity contribution >= 4 is 22.3 Å². The van der Waals surface area contributed by atoms with Crippen LogP contribution in [0.3, 0.4) is 0 Å². The van der Waals surface area contributed by atoms with E-state index in [2.05, 4.69) is 154 Å². The van der Waals surface area contributed by atoms with Crippen LogP contribution in [0.15, 0.2) is 133 Å². The minimum Gasteiger partial charge on any atom is -0.0622 e. The molecule has 0 aliphatic heterocycles. The quantitative estimate of drug-likeness (QED) is 0.231. The molecule has 184 valence electrons. The summed E-state index contributed by atoms with van der Waals surface area (Å²) >= 11 is 0. The maximum absolute atomic E-state index is 2.30. The number of rotatable bonds is 5. The maximum atomic E-state index is 2.30. The van der Waals surface area contributed by atoms with Crippen molar-refractivity contribution in [2.45, 2.75) is 26.7 Å². The van der Waals surface area contributed by atoms with Crippen molar-refractivity contribution in [2.75, 3.05) is 0 Å². The smallest absolute Gasteiger partial charge is 0.0364 e. The third-order valence-corrected chi connectivity index (χ3v) is 7.63. The first-order valence-corrected chi connectivity index (χ1v) is 13.4. The van der Waals surface area contributed by atoms with Gasteiger partial charge in [0.05, 0.1) is 0 Å². The average Bonchev–Trinajstić information content (AvgIpc) is 3.31. The zero-order valence-electron chi connectivity index (χ0n) is 22.3. The minimum absolute atomic E-state index is 0.105. The Bertz CT molecular complexity index is 1610. The van der Waals surface area contributed by atoms with E-state index in [1.807, 2.05) is 0 Å². The molecular weight excluding hydrogens is 456 g/mol. The SMILES string of the molecule is Cc1ccc(C2=C(c3ccc(C)cc3)C(c3ccccc3)C(c3ccc(C)cc3)=C2c2ccccc2)cc1. The fraction of sp³-hybridized carbons (Fsp3) is 0.105. The van der Waals surface area contributed by atoms with Crippen LogP contribution in [0.25, 0.3) is 22.3 Å². The summed E-state index contributed by atoms with van der Waals surface area (Å²) in [5.41, 5.74) is 15.6. The molecule has 0 saturated heterocycles. The van der Waals surface area contributed by atoms with Crippen molar-refractivity contribution in [2.24, 2.45) is 0 Å². The summed E-state index contributed by atoms with van der Waals surface area (Å²) < 4.78 is 0. The molecule has 5 aromatic rings. The van der Waals surface area contributed by atoms with Crippen LogP contribution in [-0.4, -0.2) is 0 Å². The van der Waals surface area contributed by atoms with E-state index in [4.69, 9.17) is 0 Å². The standard InChI is InChI=1S/C38H32/c1-26-14-20-31(21-15-26)36-34(29-10-6-4-7-11-29)37(32-22-16-27(2)17-23-32)38(33-24-18-28(3)19-25-33)35(36)30-12-8-5-9-13-30/h4-25,34H,1-3H3. The van der Waals surface area contributed by atoms with Gasteiger partial charge in [0.15, 0.2) is 0 Å². The second kappa shape index (κ2) is 10.1. The summed E-state index contributed by atoms with van der Waals surface area (Å²) in [5.74, 6) is 0.105. The third kappa shape index (κ3) is 4.44. The van der Waals surface area contributed by atoms with Crippen LogP contribution in [0.5, 0.6) is 0 Å². The molecule has 0 radical (unpaired) electrons. The van der Waals surface area contributed by atoms with Gasteiger partial charge in [0, 0.05) is 5.92 Å².